The van der Waals surface area contributed by atoms with Gasteiger partial charge in [0.25, 0.3) is 0 Å². The molecule has 1 atom stereocenters. The van der Waals surface area contributed by atoms with Gasteiger partial charge >= 0.3 is 0 Å². The first-order valence-electron chi connectivity index (χ1n) is 5.42. The molecule has 0 aromatic carbocycles. The average Bonchev–Trinajstić information content (AvgIpc) is 3.05. The van der Waals surface area contributed by atoms with Crippen LogP contribution in [0.3, 0.4) is 0 Å². The molecule has 1 unspecified atom stereocenters. The molecular weight excluding hydrogens is 194 g/mol. The highest BCUT2D eigenvalue weighted by Gasteiger charge is 2.21. The maximum Gasteiger partial charge on any atom is 0.243 e. The normalized spacial score (nSPS) is 18.5. The van der Waals surface area contributed by atoms with Crippen LogP contribution in [-0.2, 0) is 14.3 Å². The van der Waals surface area contributed by atoms with Gasteiger partial charge in [-0.1, -0.05) is 6.58 Å². The number of nitrogens with one attached hydrogen (secondary N) is 1. The van der Waals surface area contributed by atoms with E-state index in [1.165, 1.54) is 6.08 Å². The number of unbranched alkanes of at least 4 members (excludes halogenated alkanes) is 2. The molecule has 1 aliphatic heterocycles. The summed E-state index contributed by atoms with van der Waals surface area (Å²) in [6.45, 7) is 6.47. The quantitative estimate of drug-likeness (QED) is 0.351. The van der Waals surface area contributed by atoms with E-state index in [9.17, 15) is 4.79 Å². The number of rotatable bonds is 9. The van der Waals surface area contributed by atoms with Crippen molar-refractivity contribution in [3.8, 4) is 0 Å². The van der Waals surface area contributed by atoms with Crippen molar-refractivity contribution in [3.05, 3.63) is 12.7 Å². The second-order valence-corrected chi connectivity index (χ2v) is 3.59. The Labute approximate surface area is 90.6 Å². The standard InChI is InChI=1S/C11H19NO3/c1-2-11(13)12-6-4-3-5-7-14-8-10-9-15-10/h2,10H,1,3-9H2,(H,12,13). The molecule has 1 saturated heterocycles. The first-order valence-corrected chi connectivity index (χ1v) is 5.42. The van der Waals surface area contributed by atoms with Gasteiger partial charge in [0, 0.05) is 13.2 Å². The van der Waals surface area contributed by atoms with Gasteiger partial charge in [-0.3, -0.25) is 4.79 Å². The summed E-state index contributed by atoms with van der Waals surface area (Å²) in [7, 11) is 0. The predicted molar refractivity (Wildman–Crippen MR) is 57.6 cm³/mol. The second kappa shape index (κ2) is 7.43. The number of amides is 1. The fraction of sp³-hybridized carbons (Fsp3) is 0.727. The van der Waals surface area contributed by atoms with Crippen LogP contribution in [0.5, 0.6) is 0 Å². The molecule has 0 aliphatic carbocycles. The SMILES string of the molecule is C=CC(=O)NCCCCCOCC1CO1. The summed E-state index contributed by atoms with van der Waals surface area (Å²) >= 11 is 0. The Balaban J connectivity index is 1.72. The van der Waals surface area contributed by atoms with E-state index < -0.39 is 0 Å². The predicted octanol–water partition coefficient (Wildman–Crippen LogP) is 0.874. The van der Waals surface area contributed by atoms with E-state index in [-0.39, 0.29) is 5.91 Å². The molecule has 1 aliphatic rings. The van der Waals surface area contributed by atoms with Gasteiger partial charge in [0.15, 0.2) is 0 Å². The van der Waals surface area contributed by atoms with Crippen LogP contribution in [-0.4, -0.2) is 38.4 Å². The molecule has 0 bridgehead atoms. The van der Waals surface area contributed by atoms with Gasteiger partial charge in [-0.2, -0.15) is 0 Å². The van der Waals surface area contributed by atoms with Crippen molar-refractivity contribution >= 4 is 5.91 Å². The van der Waals surface area contributed by atoms with Crippen LogP contribution >= 0.6 is 0 Å². The minimum atomic E-state index is -0.0999. The molecule has 0 spiro atoms. The lowest BCUT2D eigenvalue weighted by Crippen LogP contribution is -2.21. The van der Waals surface area contributed by atoms with Crippen molar-refractivity contribution in [2.45, 2.75) is 25.4 Å². The summed E-state index contributed by atoms with van der Waals surface area (Å²) in [5, 5.41) is 2.73. The summed E-state index contributed by atoms with van der Waals surface area (Å²) in [5.41, 5.74) is 0. The second-order valence-electron chi connectivity index (χ2n) is 3.59. The Bertz CT molecular complexity index is 202. The molecule has 0 radical (unpaired) electrons. The smallest absolute Gasteiger partial charge is 0.243 e. The largest absolute Gasteiger partial charge is 0.379 e. The Hall–Kier alpha value is -0.870. The van der Waals surface area contributed by atoms with Gasteiger partial charge in [-0.15, -0.1) is 0 Å². The highest BCUT2D eigenvalue weighted by Crippen LogP contribution is 2.08. The molecule has 15 heavy (non-hydrogen) atoms. The third-order valence-electron chi connectivity index (χ3n) is 2.16. The third kappa shape index (κ3) is 7.11. The van der Waals surface area contributed by atoms with E-state index >= 15 is 0 Å². The highest BCUT2D eigenvalue weighted by atomic mass is 16.6. The minimum Gasteiger partial charge on any atom is -0.379 e. The summed E-state index contributed by atoms with van der Waals surface area (Å²) in [4.78, 5) is 10.8. The van der Waals surface area contributed by atoms with Crippen LogP contribution < -0.4 is 5.32 Å². The van der Waals surface area contributed by atoms with E-state index in [4.69, 9.17) is 9.47 Å². The lowest BCUT2D eigenvalue weighted by Gasteiger charge is -2.03. The molecule has 4 nitrogen and oxygen atoms in total. The topological polar surface area (TPSA) is 50.9 Å². The number of hydrogen-bond donors (Lipinski definition) is 1. The van der Waals surface area contributed by atoms with Crippen LogP contribution in [0, 0.1) is 0 Å². The average molecular weight is 213 g/mol. The highest BCUT2D eigenvalue weighted by molar-refractivity contribution is 5.86. The molecule has 1 rings (SSSR count). The van der Waals surface area contributed by atoms with Gasteiger partial charge in [-0.05, 0) is 25.3 Å². The Morgan fingerprint density at radius 3 is 3.00 bits per heavy atom. The monoisotopic (exact) mass is 213 g/mol. The van der Waals surface area contributed by atoms with Gasteiger partial charge in [0.1, 0.15) is 6.10 Å². The summed E-state index contributed by atoms with van der Waals surface area (Å²) in [6.07, 6.45) is 4.75. The van der Waals surface area contributed by atoms with Crippen LogP contribution in [0.2, 0.25) is 0 Å². The van der Waals surface area contributed by atoms with Gasteiger partial charge in [-0.25, -0.2) is 0 Å². The van der Waals surface area contributed by atoms with Crippen molar-refractivity contribution in [1.82, 2.24) is 5.32 Å². The molecule has 0 aromatic heterocycles. The Morgan fingerprint density at radius 2 is 2.33 bits per heavy atom. The Morgan fingerprint density at radius 1 is 1.53 bits per heavy atom. The van der Waals surface area contributed by atoms with E-state index in [2.05, 4.69) is 11.9 Å². The number of epoxide rings is 1. The van der Waals surface area contributed by atoms with Gasteiger partial charge < -0.3 is 14.8 Å². The van der Waals surface area contributed by atoms with Crippen molar-refractivity contribution in [1.29, 1.82) is 0 Å². The lowest BCUT2D eigenvalue weighted by molar-refractivity contribution is -0.116. The summed E-state index contributed by atoms with van der Waals surface area (Å²) < 4.78 is 10.4. The van der Waals surface area contributed by atoms with Crippen molar-refractivity contribution in [3.63, 3.8) is 0 Å². The molecule has 1 heterocycles. The molecule has 4 heteroatoms. The van der Waals surface area contributed by atoms with Gasteiger partial charge in [0.05, 0.1) is 13.2 Å². The molecule has 1 N–H and O–H groups in total. The van der Waals surface area contributed by atoms with Crippen molar-refractivity contribution < 1.29 is 14.3 Å². The van der Waals surface area contributed by atoms with Crippen LogP contribution in [0.1, 0.15) is 19.3 Å². The fourth-order valence-corrected chi connectivity index (χ4v) is 1.17. The minimum absolute atomic E-state index is 0.0999. The fourth-order valence-electron chi connectivity index (χ4n) is 1.17. The van der Waals surface area contributed by atoms with E-state index in [1.807, 2.05) is 0 Å². The first-order chi connectivity index (χ1) is 7.33. The first kappa shape index (κ1) is 12.2. The molecule has 86 valence electrons. The van der Waals surface area contributed by atoms with E-state index in [1.54, 1.807) is 0 Å². The van der Waals surface area contributed by atoms with Crippen LogP contribution in [0.4, 0.5) is 0 Å². The number of ether oxygens (including phenoxy) is 2. The lowest BCUT2D eigenvalue weighted by atomic mass is 10.2. The number of hydrogen-bond acceptors (Lipinski definition) is 3. The number of carbonyl (C=O) groups excluding carboxylic acids is 1. The maximum atomic E-state index is 10.8. The van der Waals surface area contributed by atoms with Crippen LogP contribution in [0.25, 0.3) is 0 Å². The molecule has 1 amide bonds. The van der Waals surface area contributed by atoms with Crippen molar-refractivity contribution in [2.24, 2.45) is 0 Å². The zero-order chi connectivity index (χ0) is 10.9. The Kier molecular flexibility index (Phi) is 6.04. The maximum absolute atomic E-state index is 10.8. The molecule has 0 aromatic rings. The summed E-state index contributed by atoms with van der Waals surface area (Å²) in [5.74, 6) is -0.0999. The van der Waals surface area contributed by atoms with Crippen LogP contribution in [0.15, 0.2) is 12.7 Å². The van der Waals surface area contributed by atoms with E-state index in [0.29, 0.717) is 6.10 Å². The summed E-state index contributed by atoms with van der Waals surface area (Å²) in [6, 6.07) is 0. The molecular formula is C11H19NO3. The molecule has 0 saturated carbocycles. The third-order valence-corrected chi connectivity index (χ3v) is 2.16. The molecule has 1 fully saturated rings. The van der Waals surface area contributed by atoms with Gasteiger partial charge in [0.2, 0.25) is 5.91 Å². The zero-order valence-electron chi connectivity index (χ0n) is 9.04. The number of carbonyl (C=O) groups is 1. The van der Waals surface area contributed by atoms with Crippen molar-refractivity contribution in [2.75, 3.05) is 26.4 Å². The zero-order valence-corrected chi connectivity index (χ0v) is 9.04. The van der Waals surface area contributed by atoms with E-state index in [0.717, 1.165) is 45.6 Å².